The molecule has 0 amide bonds. The second-order valence-electron chi connectivity index (χ2n) is 6.90. The molecule has 26 heavy (non-hydrogen) atoms. The van der Waals surface area contributed by atoms with Crippen molar-refractivity contribution in [2.45, 2.75) is 46.7 Å². The monoisotopic (exact) mass is 349 g/mol. The minimum Gasteiger partial charge on any atom is -0.359 e. The second-order valence-corrected chi connectivity index (χ2v) is 6.90. The van der Waals surface area contributed by atoms with Crippen molar-refractivity contribution in [2.75, 3.05) is 6.54 Å². The van der Waals surface area contributed by atoms with Crippen LogP contribution in [0.25, 0.3) is 5.70 Å². The quantitative estimate of drug-likeness (QED) is 0.753. The van der Waals surface area contributed by atoms with Crippen LogP contribution in [-0.4, -0.2) is 31.9 Å². The van der Waals surface area contributed by atoms with E-state index in [0.29, 0.717) is 0 Å². The first kappa shape index (κ1) is 18.1. The minimum atomic E-state index is 0.163. The molecule has 0 saturated carbocycles. The van der Waals surface area contributed by atoms with E-state index in [1.807, 2.05) is 13.8 Å². The van der Waals surface area contributed by atoms with E-state index in [2.05, 4.69) is 75.9 Å². The second kappa shape index (κ2) is 7.28. The van der Waals surface area contributed by atoms with Crippen molar-refractivity contribution < 1.29 is 0 Å². The third-order valence-electron chi connectivity index (χ3n) is 4.82. The minimum absolute atomic E-state index is 0.163. The summed E-state index contributed by atoms with van der Waals surface area (Å²) in [6, 6.07) is 8.70. The maximum atomic E-state index is 4.50. The number of aromatic nitrogens is 3. The van der Waals surface area contributed by atoms with Gasteiger partial charge < -0.3 is 9.47 Å². The van der Waals surface area contributed by atoms with Crippen LogP contribution in [0.3, 0.4) is 0 Å². The van der Waals surface area contributed by atoms with Crippen molar-refractivity contribution in [3.63, 3.8) is 0 Å². The molecule has 0 saturated heterocycles. The molecule has 1 aromatic heterocycles. The van der Waals surface area contributed by atoms with Gasteiger partial charge in [-0.2, -0.15) is 0 Å². The Balaban J connectivity index is 1.93. The van der Waals surface area contributed by atoms with E-state index in [4.69, 9.17) is 0 Å². The number of hydrogen-bond acceptors (Lipinski definition) is 4. The van der Waals surface area contributed by atoms with Crippen LogP contribution < -0.4 is 0 Å². The Morgan fingerprint density at radius 1 is 1.15 bits per heavy atom. The fraction of sp³-hybridized carbons (Fsp3) is 0.381. The lowest BCUT2D eigenvalue weighted by atomic mass is 10.0. The van der Waals surface area contributed by atoms with Gasteiger partial charge in [0.05, 0.1) is 11.8 Å². The van der Waals surface area contributed by atoms with Crippen molar-refractivity contribution in [1.29, 1.82) is 0 Å². The van der Waals surface area contributed by atoms with Crippen molar-refractivity contribution >= 4 is 11.4 Å². The summed E-state index contributed by atoms with van der Waals surface area (Å²) in [5, 5.41) is 8.91. The van der Waals surface area contributed by atoms with Crippen LogP contribution in [0.15, 0.2) is 48.1 Å². The highest BCUT2D eigenvalue weighted by Gasteiger charge is 2.31. The van der Waals surface area contributed by atoms with Gasteiger partial charge in [0.2, 0.25) is 0 Å². The summed E-state index contributed by atoms with van der Waals surface area (Å²) in [6.07, 6.45) is 0.944. The lowest BCUT2D eigenvalue weighted by Crippen LogP contribution is -2.37. The van der Waals surface area contributed by atoms with Crippen LogP contribution in [0.5, 0.6) is 0 Å². The van der Waals surface area contributed by atoms with Gasteiger partial charge >= 0.3 is 0 Å². The van der Waals surface area contributed by atoms with Crippen molar-refractivity contribution in [3.05, 3.63) is 65.9 Å². The first-order valence-corrected chi connectivity index (χ1v) is 9.09. The average Bonchev–Trinajstić information content (AvgIpc) is 3.04. The van der Waals surface area contributed by atoms with Crippen molar-refractivity contribution in [2.24, 2.45) is 4.99 Å². The molecule has 2 heterocycles. The van der Waals surface area contributed by atoms with Crippen molar-refractivity contribution in [1.82, 2.24) is 19.7 Å². The molecule has 5 nitrogen and oxygen atoms in total. The van der Waals surface area contributed by atoms with Gasteiger partial charge in [0.25, 0.3) is 0 Å². The highest BCUT2D eigenvalue weighted by molar-refractivity contribution is 5.96. The van der Waals surface area contributed by atoms with E-state index >= 15 is 0 Å². The third-order valence-corrected chi connectivity index (χ3v) is 4.82. The number of nitrogens with zero attached hydrogens (tertiary/aromatic N) is 5. The van der Waals surface area contributed by atoms with Gasteiger partial charge in [0.15, 0.2) is 11.6 Å². The highest BCUT2D eigenvalue weighted by atomic mass is 15.4. The molecule has 1 aliphatic heterocycles. The smallest absolute Gasteiger partial charge is 0.178 e. The van der Waals surface area contributed by atoms with Gasteiger partial charge in [-0.1, -0.05) is 49.9 Å². The first-order chi connectivity index (χ1) is 12.4. The number of rotatable bonds is 5. The van der Waals surface area contributed by atoms with Gasteiger partial charge in [-0.3, -0.25) is 4.99 Å². The van der Waals surface area contributed by atoms with E-state index < -0.39 is 0 Å². The molecule has 1 aromatic carbocycles. The van der Waals surface area contributed by atoms with Crippen LogP contribution in [-0.2, 0) is 6.54 Å². The van der Waals surface area contributed by atoms with Crippen LogP contribution >= 0.6 is 0 Å². The molecule has 3 rings (SSSR count). The molecule has 1 unspecified atom stereocenters. The van der Waals surface area contributed by atoms with E-state index in [0.717, 1.165) is 53.8 Å². The van der Waals surface area contributed by atoms with Crippen molar-refractivity contribution in [3.8, 4) is 0 Å². The Morgan fingerprint density at radius 2 is 1.85 bits per heavy atom. The zero-order chi connectivity index (χ0) is 18.8. The summed E-state index contributed by atoms with van der Waals surface area (Å²) in [5.74, 6) is 1.82. The number of fused-ring (bicyclic) bond motifs is 1. The van der Waals surface area contributed by atoms with Gasteiger partial charge in [-0.25, -0.2) is 0 Å². The van der Waals surface area contributed by atoms with Gasteiger partial charge in [0.1, 0.15) is 0 Å². The molecule has 0 N–H and O–H groups in total. The number of aliphatic imine (C=N–C) groups is 1. The molecule has 136 valence electrons. The molecule has 0 radical (unpaired) electrons. The normalized spacial score (nSPS) is 17.2. The molecule has 0 bridgehead atoms. The molecule has 0 fully saturated rings. The first-order valence-electron chi connectivity index (χ1n) is 9.09. The van der Waals surface area contributed by atoms with Crippen LogP contribution in [0.1, 0.15) is 56.0 Å². The topological polar surface area (TPSA) is 46.3 Å². The van der Waals surface area contributed by atoms with Gasteiger partial charge in [0, 0.05) is 24.5 Å². The third kappa shape index (κ3) is 3.34. The summed E-state index contributed by atoms with van der Waals surface area (Å²) in [6.45, 7) is 18.1. The molecule has 2 aromatic rings. The van der Waals surface area contributed by atoms with E-state index in [1.54, 1.807) is 0 Å². The zero-order valence-corrected chi connectivity index (χ0v) is 16.2. The average molecular weight is 349 g/mol. The number of allylic oxidation sites excluding steroid dienone is 1. The van der Waals surface area contributed by atoms with E-state index in [1.165, 1.54) is 5.56 Å². The standard InChI is InChI=1S/C21H27N5/c1-7-19-21-24-23-20(16(5)22-14(2)3)26(21)13-12-25(19)17(6)18-10-8-15(4)9-11-18/h8-11,19H,2,6-7,12-13H2,1,3-5H3/b22-16+. The van der Waals surface area contributed by atoms with Crippen LogP contribution in [0.4, 0.5) is 0 Å². The molecular weight excluding hydrogens is 322 g/mol. The zero-order valence-electron chi connectivity index (χ0n) is 16.2. The van der Waals surface area contributed by atoms with Gasteiger partial charge in [-0.15, -0.1) is 10.2 Å². The Hall–Kier alpha value is -2.69. The molecule has 0 spiro atoms. The van der Waals surface area contributed by atoms with Crippen LogP contribution in [0.2, 0.25) is 0 Å². The summed E-state index contributed by atoms with van der Waals surface area (Å²) in [4.78, 5) is 6.81. The fourth-order valence-corrected chi connectivity index (χ4v) is 3.53. The highest BCUT2D eigenvalue weighted by Crippen LogP contribution is 2.34. The fourth-order valence-electron chi connectivity index (χ4n) is 3.53. The Kier molecular flexibility index (Phi) is 5.07. The predicted octanol–water partition coefficient (Wildman–Crippen LogP) is 4.37. The van der Waals surface area contributed by atoms with Gasteiger partial charge in [-0.05, 0) is 32.8 Å². The molecular formula is C21H27N5. The number of benzene rings is 1. The molecule has 0 aliphatic carbocycles. The summed E-state index contributed by atoms with van der Waals surface area (Å²) >= 11 is 0. The number of aryl methyl sites for hydroxylation is 1. The van der Waals surface area contributed by atoms with E-state index in [-0.39, 0.29) is 6.04 Å². The lowest BCUT2D eigenvalue weighted by Gasteiger charge is -2.38. The van der Waals surface area contributed by atoms with Crippen LogP contribution in [0, 0.1) is 6.92 Å². The molecule has 5 heteroatoms. The number of hydrogen-bond donors (Lipinski definition) is 0. The summed E-state index contributed by atoms with van der Waals surface area (Å²) < 4.78 is 2.19. The largest absolute Gasteiger partial charge is 0.359 e. The summed E-state index contributed by atoms with van der Waals surface area (Å²) in [7, 11) is 0. The molecule has 1 atom stereocenters. The Labute approximate surface area is 155 Å². The summed E-state index contributed by atoms with van der Waals surface area (Å²) in [5.41, 5.74) is 5.08. The predicted molar refractivity (Wildman–Crippen MR) is 107 cm³/mol. The maximum Gasteiger partial charge on any atom is 0.178 e. The Bertz CT molecular complexity index is 857. The lowest BCUT2D eigenvalue weighted by molar-refractivity contribution is 0.228. The Morgan fingerprint density at radius 3 is 2.46 bits per heavy atom. The van der Waals surface area contributed by atoms with E-state index in [9.17, 15) is 0 Å². The molecule has 1 aliphatic rings. The maximum absolute atomic E-state index is 4.50. The SMILES string of the molecule is C=C(C)/N=C(\C)c1nnc2n1CCN(C(=C)c1ccc(C)cc1)C2CC.